The van der Waals surface area contributed by atoms with Crippen LogP contribution >= 0.6 is 15.9 Å². The van der Waals surface area contributed by atoms with Gasteiger partial charge in [-0.05, 0) is 37.6 Å². The molecule has 1 aliphatic carbocycles. The summed E-state index contributed by atoms with van der Waals surface area (Å²) >= 11 is 3.78. The zero-order valence-electron chi connectivity index (χ0n) is 8.51. The third-order valence-corrected chi connectivity index (χ3v) is 4.88. The van der Waals surface area contributed by atoms with Gasteiger partial charge in [-0.1, -0.05) is 29.3 Å². The second-order valence-electron chi connectivity index (χ2n) is 4.84. The van der Waals surface area contributed by atoms with E-state index in [1.54, 1.807) is 0 Å². The summed E-state index contributed by atoms with van der Waals surface area (Å²) in [6.07, 6.45) is 5.83. The predicted octanol–water partition coefficient (Wildman–Crippen LogP) is 2.89. The van der Waals surface area contributed by atoms with Crippen molar-refractivity contribution < 1.29 is 0 Å². The summed E-state index contributed by atoms with van der Waals surface area (Å²) in [5.41, 5.74) is 0. The molecule has 1 aliphatic heterocycles. The quantitative estimate of drug-likeness (QED) is 0.677. The Morgan fingerprint density at radius 2 is 2.08 bits per heavy atom. The number of likely N-dealkylation sites (tertiary alicyclic amines) is 1. The largest absolute Gasteiger partial charge is 0.302 e. The molecule has 0 aromatic rings. The van der Waals surface area contributed by atoms with Crippen LogP contribution in [0.5, 0.6) is 0 Å². The molecule has 0 spiro atoms. The maximum atomic E-state index is 3.78. The molecule has 2 unspecified atom stereocenters. The lowest BCUT2D eigenvalue weighted by Crippen LogP contribution is -2.43. The summed E-state index contributed by atoms with van der Waals surface area (Å²) < 4.78 is 0. The zero-order chi connectivity index (χ0) is 9.26. The number of halogens is 1. The van der Waals surface area contributed by atoms with Crippen molar-refractivity contribution in [3.05, 3.63) is 0 Å². The number of hydrogen-bond donors (Lipinski definition) is 0. The minimum atomic E-state index is 0.737. The summed E-state index contributed by atoms with van der Waals surface area (Å²) in [5.74, 6) is 1.91. The van der Waals surface area contributed by atoms with Crippen molar-refractivity contribution in [2.75, 3.05) is 19.6 Å². The van der Waals surface area contributed by atoms with Crippen molar-refractivity contribution in [3.8, 4) is 0 Å². The van der Waals surface area contributed by atoms with Crippen molar-refractivity contribution in [2.45, 2.75) is 37.4 Å². The number of piperidine rings is 1. The average molecular weight is 246 g/mol. The van der Waals surface area contributed by atoms with E-state index in [0.29, 0.717) is 0 Å². The molecule has 2 fully saturated rings. The number of alkyl halides is 1. The van der Waals surface area contributed by atoms with Crippen LogP contribution in [-0.2, 0) is 0 Å². The number of rotatable bonds is 2. The molecule has 0 radical (unpaired) electrons. The van der Waals surface area contributed by atoms with Gasteiger partial charge in [-0.25, -0.2) is 0 Å². The fourth-order valence-electron chi connectivity index (χ4n) is 2.29. The van der Waals surface area contributed by atoms with E-state index in [1.807, 2.05) is 0 Å². The molecule has 0 bridgehead atoms. The monoisotopic (exact) mass is 245 g/mol. The Morgan fingerprint density at radius 3 is 2.62 bits per heavy atom. The lowest BCUT2D eigenvalue weighted by Gasteiger charge is -2.38. The van der Waals surface area contributed by atoms with Gasteiger partial charge in [0.05, 0.1) is 0 Å². The van der Waals surface area contributed by atoms with Crippen molar-refractivity contribution >= 4 is 15.9 Å². The lowest BCUT2D eigenvalue weighted by atomic mass is 9.84. The number of hydrogen-bond acceptors (Lipinski definition) is 1. The van der Waals surface area contributed by atoms with Crippen LogP contribution < -0.4 is 0 Å². The van der Waals surface area contributed by atoms with Crippen LogP contribution in [0, 0.1) is 11.8 Å². The molecule has 0 aromatic heterocycles. The Hall–Kier alpha value is 0.440. The van der Waals surface area contributed by atoms with Gasteiger partial charge in [0.25, 0.3) is 0 Å². The van der Waals surface area contributed by atoms with Crippen LogP contribution in [0.25, 0.3) is 0 Å². The van der Waals surface area contributed by atoms with Gasteiger partial charge in [0, 0.05) is 17.9 Å². The fraction of sp³-hybridized carbons (Fsp3) is 1.00. The van der Waals surface area contributed by atoms with Gasteiger partial charge >= 0.3 is 0 Å². The van der Waals surface area contributed by atoms with E-state index in [-0.39, 0.29) is 0 Å². The maximum absolute atomic E-state index is 3.78. The van der Waals surface area contributed by atoms with E-state index in [4.69, 9.17) is 0 Å². The van der Waals surface area contributed by atoms with E-state index in [2.05, 4.69) is 27.8 Å². The molecule has 2 rings (SSSR count). The van der Waals surface area contributed by atoms with Gasteiger partial charge in [0.15, 0.2) is 0 Å². The highest BCUT2D eigenvalue weighted by Crippen LogP contribution is 2.30. The molecular weight excluding hydrogens is 226 g/mol. The van der Waals surface area contributed by atoms with Gasteiger partial charge in [-0.3, -0.25) is 0 Å². The fourth-order valence-corrected chi connectivity index (χ4v) is 2.97. The standard InChI is InChI=1S/C11H20BrN/c1-9-5-6-13(8-11(9)12)7-10-3-2-4-10/h9-11H,2-8H2,1H3. The van der Waals surface area contributed by atoms with Crippen LogP contribution in [0.3, 0.4) is 0 Å². The Balaban J connectivity index is 1.74. The molecule has 13 heavy (non-hydrogen) atoms. The van der Waals surface area contributed by atoms with E-state index < -0.39 is 0 Å². The Kier molecular flexibility index (Phi) is 3.31. The minimum Gasteiger partial charge on any atom is -0.302 e. The number of nitrogens with zero attached hydrogens (tertiary/aromatic N) is 1. The molecule has 1 saturated carbocycles. The zero-order valence-corrected chi connectivity index (χ0v) is 10.1. The molecule has 0 amide bonds. The first kappa shape index (κ1) is 9.97. The summed E-state index contributed by atoms with van der Waals surface area (Å²) in [6, 6.07) is 0. The normalized spacial score (nSPS) is 37.4. The van der Waals surface area contributed by atoms with Crippen LogP contribution in [0.15, 0.2) is 0 Å². The summed E-state index contributed by atoms with van der Waals surface area (Å²) in [5, 5.41) is 0. The summed E-state index contributed by atoms with van der Waals surface area (Å²) in [4.78, 5) is 3.39. The van der Waals surface area contributed by atoms with E-state index in [0.717, 1.165) is 16.7 Å². The van der Waals surface area contributed by atoms with Crippen molar-refractivity contribution in [2.24, 2.45) is 11.8 Å². The van der Waals surface area contributed by atoms with Crippen molar-refractivity contribution in [1.29, 1.82) is 0 Å². The van der Waals surface area contributed by atoms with E-state index in [1.165, 1.54) is 45.3 Å². The molecule has 76 valence electrons. The van der Waals surface area contributed by atoms with Crippen LogP contribution in [0.4, 0.5) is 0 Å². The van der Waals surface area contributed by atoms with Gasteiger partial charge < -0.3 is 4.90 Å². The maximum Gasteiger partial charge on any atom is 0.0299 e. The molecular formula is C11H20BrN. The lowest BCUT2D eigenvalue weighted by molar-refractivity contribution is 0.141. The SMILES string of the molecule is CC1CCN(CC2CCC2)CC1Br. The topological polar surface area (TPSA) is 3.24 Å². The highest BCUT2D eigenvalue weighted by Gasteiger charge is 2.27. The molecule has 2 aliphatic rings. The highest BCUT2D eigenvalue weighted by atomic mass is 79.9. The van der Waals surface area contributed by atoms with Crippen molar-refractivity contribution in [1.82, 2.24) is 4.90 Å². The van der Waals surface area contributed by atoms with E-state index >= 15 is 0 Å². The third-order valence-electron chi connectivity index (χ3n) is 3.69. The first-order valence-electron chi connectivity index (χ1n) is 5.62. The molecule has 0 aromatic carbocycles. The van der Waals surface area contributed by atoms with Gasteiger partial charge in [0.2, 0.25) is 0 Å². The molecule has 0 N–H and O–H groups in total. The minimum absolute atomic E-state index is 0.737. The van der Waals surface area contributed by atoms with Gasteiger partial charge in [-0.15, -0.1) is 0 Å². The van der Waals surface area contributed by atoms with Crippen LogP contribution in [0.2, 0.25) is 0 Å². The molecule has 2 atom stereocenters. The van der Waals surface area contributed by atoms with Crippen LogP contribution in [0.1, 0.15) is 32.6 Å². The van der Waals surface area contributed by atoms with Crippen LogP contribution in [-0.4, -0.2) is 29.4 Å². The summed E-state index contributed by atoms with van der Waals surface area (Å²) in [6.45, 7) is 6.34. The third kappa shape index (κ3) is 2.47. The first-order valence-corrected chi connectivity index (χ1v) is 6.53. The van der Waals surface area contributed by atoms with Gasteiger partial charge in [-0.2, -0.15) is 0 Å². The average Bonchev–Trinajstić information content (AvgIpc) is 2.04. The molecule has 2 heteroatoms. The predicted molar refractivity (Wildman–Crippen MR) is 60.3 cm³/mol. The highest BCUT2D eigenvalue weighted by molar-refractivity contribution is 9.09. The summed E-state index contributed by atoms with van der Waals surface area (Å²) in [7, 11) is 0. The Labute approximate surface area is 90.0 Å². The van der Waals surface area contributed by atoms with Crippen molar-refractivity contribution in [3.63, 3.8) is 0 Å². The van der Waals surface area contributed by atoms with Gasteiger partial charge in [0.1, 0.15) is 0 Å². The smallest absolute Gasteiger partial charge is 0.0299 e. The van der Waals surface area contributed by atoms with E-state index in [9.17, 15) is 0 Å². The molecule has 1 heterocycles. The molecule has 1 saturated heterocycles. The first-order chi connectivity index (χ1) is 6.25. The second kappa shape index (κ2) is 4.31. The second-order valence-corrected chi connectivity index (χ2v) is 6.01. The molecule has 1 nitrogen and oxygen atoms in total. The Bertz CT molecular complexity index is 165. The Morgan fingerprint density at radius 1 is 1.31 bits per heavy atom.